The van der Waals surface area contributed by atoms with Gasteiger partial charge >= 0.3 is 0 Å². The van der Waals surface area contributed by atoms with Crippen LogP contribution in [0.1, 0.15) is 24.0 Å². The molecule has 0 aliphatic carbocycles. The summed E-state index contributed by atoms with van der Waals surface area (Å²) in [6.07, 6.45) is 3.42. The molecule has 0 aliphatic rings. The molecule has 5 heteroatoms. The molecule has 0 unspecified atom stereocenters. The molecule has 0 atom stereocenters. The van der Waals surface area contributed by atoms with E-state index in [1.165, 1.54) is 22.5 Å². The molecule has 0 bridgehead atoms. The van der Waals surface area contributed by atoms with Gasteiger partial charge in [0.25, 0.3) is 5.56 Å². The molecular weight excluding hydrogens is 380 g/mol. The number of nitrogens with zero attached hydrogens (tertiary/aromatic N) is 2. The van der Waals surface area contributed by atoms with Crippen LogP contribution in [0.2, 0.25) is 0 Å². The highest BCUT2D eigenvalue weighted by Gasteiger charge is 2.13. The highest BCUT2D eigenvalue weighted by molar-refractivity contribution is 7.17. The first-order valence-corrected chi connectivity index (χ1v) is 10.7. The Labute approximate surface area is 174 Å². The maximum Gasteiger partial charge on any atom is 0.262 e. The van der Waals surface area contributed by atoms with E-state index in [0.29, 0.717) is 13.2 Å². The Morgan fingerprint density at radius 2 is 1.86 bits per heavy atom. The Morgan fingerprint density at radius 3 is 2.66 bits per heavy atom. The SMILES string of the molecule is Cc1ccc(-c2csc3ncn(CCCCOc4ccccc4)c(=O)c23)cc1C. The van der Waals surface area contributed by atoms with Crippen LogP contribution in [0, 0.1) is 13.8 Å². The molecule has 29 heavy (non-hydrogen) atoms. The van der Waals surface area contributed by atoms with Gasteiger partial charge in [0.15, 0.2) is 0 Å². The number of hydrogen-bond donors (Lipinski definition) is 0. The predicted molar refractivity (Wildman–Crippen MR) is 120 cm³/mol. The highest BCUT2D eigenvalue weighted by atomic mass is 32.1. The van der Waals surface area contributed by atoms with E-state index in [-0.39, 0.29) is 5.56 Å². The number of benzene rings is 2. The number of para-hydroxylation sites is 1. The van der Waals surface area contributed by atoms with Crippen LogP contribution in [-0.2, 0) is 6.54 Å². The lowest BCUT2D eigenvalue weighted by Crippen LogP contribution is -2.20. The van der Waals surface area contributed by atoms with Crippen LogP contribution < -0.4 is 10.3 Å². The first-order valence-electron chi connectivity index (χ1n) is 9.85. The molecule has 0 fully saturated rings. The van der Waals surface area contributed by atoms with Crippen LogP contribution in [0.15, 0.2) is 65.0 Å². The summed E-state index contributed by atoms with van der Waals surface area (Å²) in [4.78, 5) is 18.4. The van der Waals surface area contributed by atoms with Gasteiger partial charge in [-0.2, -0.15) is 0 Å². The van der Waals surface area contributed by atoms with E-state index in [2.05, 4.69) is 37.0 Å². The first-order chi connectivity index (χ1) is 14.1. The number of rotatable bonds is 7. The van der Waals surface area contributed by atoms with Gasteiger partial charge in [-0.15, -0.1) is 11.3 Å². The Balaban J connectivity index is 1.48. The molecule has 0 spiro atoms. The van der Waals surface area contributed by atoms with Crippen molar-refractivity contribution in [3.8, 4) is 16.9 Å². The lowest BCUT2D eigenvalue weighted by Gasteiger charge is -2.08. The maximum absolute atomic E-state index is 13.1. The first kappa shape index (κ1) is 19.4. The van der Waals surface area contributed by atoms with Gasteiger partial charge in [0, 0.05) is 17.5 Å². The summed E-state index contributed by atoms with van der Waals surface area (Å²) in [6, 6.07) is 16.1. The van der Waals surface area contributed by atoms with E-state index in [1.807, 2.05) is 35.7 Å². The molecule has 2 aromatic heterocycles. The Kier molecular flexibility index (Phi) is 5.76. The van der Waals surface area contributed by atoms with Gasteiger partial charge in [0.2, 0.25) is 0 Å². The normalized spacial score (nSPS) is 11.1. The minimum Gasteiger partial charge on any atom is -0.494 e. The van der Waals surface area contributed by atoms with Gasteiger partial charge in [0.05, 0.1) is 18.3 Å². The van der Waals surface area contributed by atoms with Gasteiger partial charge < -0.3 is 4.74 Å². The molecule has 0 saturated heterocycles. The van der Waals surface area contributed by atoms with Gasteiger partial charge in [-0.25, -0.2) is 4.98 Å². The lowest BCUT2D eigenvalue weighted by atomic mass is 10.0. The van der Waals surface area contributed by atoms with Crippen molar-refractivity contribution in [2.45, 2.75) is 33.2 Å². The minimum atomic E-state index is 0.0356. The Bertz CT molecular complexity index is 1180. The summed E-state index contributed by atoms with van der Waals surface area (Å²) in [6.45, 7) is 5.48. The number of ether oxygens (including phenoxy) is 1. The number of aryl methyl sites for hydroxylation is 3. The van der Waals surface area contributed by atoms with Crippen LogP contribution in [0.4, 0.5) is 0 Å². The fraction of sp³-hybridized carbons (Fsp3) is 0.250. The zero-order valence-electron chi connectivity index (χ0n) is 16.7. The fourth-order valence-corrected chi connectivity index (χ4v) is 4.25. The Hall–Kier alpha value is -2.92. The van der Waals surface area contributed by atoms with Crippen molar-refractivity contribution in [3.63, 3.8) is 0 Å². The zero-order valence-corrected chi connectivity index (χ0v) is 17.5. The highest BCUT2D eigenvalue weighted by Crippen LogP contribution is 2.31. The summed E-state index contributed by atoms with van der Waals surface area (Å²) in [5.41, 5.74) is 4.57. The molecule has 148 valence electrons. The van der Waals surface area contributed by atoms with E-state index in [1.54, 1.807) is 10.9 Å². The largest absolute Gasteiger partial charge is 0.494 e. The second-order valence-electron chi connectivity index (χ2n) is 7.24. The van der Waals surface area contributed by atoms with Crippen molar-refractivity contribution in [1.29, 1.82) is 0 Å². The van der Waals surface area contributed by atoms with Crippen LogP contribution in [0.3, 0.4) is 0 Å². The maximum atomic E-state index is 13.1. The summed E-state index contributed by atoms with van der Waals surface area (Å²) in [7, 11) is 0. The van der Waals surface area contributed by atoms with Gasteiger partial charge in [0.1, 0.15) is 10.6 Å². The van der Waals surface area contributed by atoms with E-state index in [4.69, 9.17) is 4.74 Å². The molecule has 4 aromatic rings. The topological polar surface area (TPSA) is 44.1 Å². The molecule has 4 rings (SSSR count). The van der Waals surface area contributed by atoms with Gasteiger partial charge in [-0.3, -0.25) is 9.36 Å². The number of thiophene rings is 1. The zero-order chi connectivity index (χ0) is 20.2. The van der Waals surface area contributed by atoms with Gasteiger partial charge in [-0.05, 0) is 55.5 Å². The summed E-state index contributed by atoms with van der Waals surface area (Å²) in [5, 5.41) is 2.77. The van der Waals surface area contributed by atoms with Crippen LogP contribution in [-0.4, -0.2) is 16.2 Å². The summed E-state index contributed by atoms with van der Waals surface area (Å²) in [5.74, 6) is 0.879. The molecule has 0 radical (unpaired) electrons. The molecule has 2 heterocycles. The standard InChI is InChI=1S/C24H24N2O2S/c1-17-10-11-19(14-18(17)2)21-15-29-23-22(21)24(27)26(16-25-23)12-6-7-13-28-20-8-4-3-5-9-20/h3-5,8-11,14-16H,6-7,12-13H2,1-2H3. The van der Waals surface area contributed by atoms with E-state index in [0.717, 1.165) is 39.9 Å². The smallest absolute Gasteiger partial charge is 0.262 e. The average molecular weight is 405 g/mol. The third-order valence-electron chi connectivity index (χ3n) is 5.18. The van der Waals surface area contributed by atoms with Crippen molar-refractivity contribution in [2.75, 3.05) is 6.61 Å². The second-order valence-corrected chi connectivity index (χ2v) is 8.10. The number of aromatic nitrogens is 2. The molecule has 4 nitrogen and oxygen atoms in total. The van der Waals surface area contributed by atoms with Crippen molar-refractivity contribution >= 4 is 21.6 Å². The van der Waals surface area contributed by atoms with Gasteiger partial charge in [-0.1, -0.05) is 36.4 Å². The Morgan fingerprint density at radius 1 is 1.03 bits per heavy atom. The monoisotopic (exact) mass is 404 g/mol. The van der Waals surface area contributed by atoms with Crippen LogP contribution in [0.5, 0.6) is 5.75 Å². The average Bonchev–Trinajstić information content (AvgIpc) is 3.17. The minimum absolute atomic E-state index is 0.0356. The summed E-state index contributed by atoms with van der Waals surface area (Å²) < 4.78 is 7.45. The molecule has 0 N–H and O–H groups in total. The van der Waals surface area contributed by atoms with E-state index >= 15 is 0 Å². The van der Waals surface area contributed by atoms with Crippen molar-refractivity contribution in [2.24, 2.45) is 0 Å². The number of hydrogen-bond acceptors (Lipinski definition) is 4. The van der Waals surface area contributed by atoms with Crippen molar-refractivity contribution < 1.29 is 4.74 Å². The third kappa shape index (κ3) is 4.25. The third-order valence-corrected chi connectivity index (χ3v) is 6.07. The molecular formula is C24H24N2O2S. The van der Waals surface area contributed by atoms with Crippen LogP contribution in [0.25, 0.3) is 21.3 Å². The molecule has 0 saturated carbocycles. The molecule has 0 amide bonds. The number of unbranched alkanes of at least 4 members (excludes halogenated alkanes) is 1. The number of fused-ring (bicyclic) bond motifs is 1. The lowest BCUT2D eigenvalue weighted by molar-refractivity contribution is 0.303. The van der Waals surface area contributed by atoms with Crippen molar-refractivity contribution in [3.05, 3.63) is 81.7 Å². The summed E-state index contributed by atoms with van der Waals surface area (Å²) >= 11 is 1.53. The fourth-order valence-electron chi connectivity index (χ4n) is 3.34. The van der Waals surface area contributed by atoms with Crippen molar-refractivity contribution in [1.82, 2.24) is 9.55 Å². The predicted octanol–water partition coefficient (Wildman–Crippen LogP) is 5.60. The van der Waals surface area contributed by atoms with E-state index in [9.17, 15) is 4.79 Å². The van der Waals surface area contributed by atoms with Crippen LogP contribution >= 0.6 is 11.3 Å². The quantitative estimate of drug-likeness (QED) is 0.377. The second kappa shape index (κ2) is 8.62. The van der Waals surface area contributed by atoms with E-state index < -0.39 is 0 Å². The molecule has 2 aromatic carbocycles. The molecule has 0 aliphatic heterocycles.